The van der Waals surface area contributed by atoms with Gasteiger partial charge in [0.05, 0.1) is 12.2 Å². The number of rotatable bonds is 4. The third-order valence-electron chi connectivity index (χ3n) is 6.37. The largest absolute Gasteiger partial charge is 0.374 e. The quantitative estimate of drug-likeness (QED) is 0.832. The average Bonchev–Trinajstić information content (AvgIpc) is 2.95. The van der Waals surface area contributed by atoms with Gasteiger partial charge in [-0.25, -0.2) is 0 Å². The lowest BCUT2D eigenvalue weighted by Gasteiger charge is -2.55. The summed E-state index contributed by atoms with van der Waals surface area (Å²) in [5.41, 5.74) is 0.504. The number of hydrogen-bond donors (Lipinski definition) is 1. The molecule has 1 N–H and O–H groups in total. The number of nitrogens with one attached hydrogen (secondary N) is 1. The highest BCUT2D eigenvalue weighted by molar-refractivity contribution is 5.10. The molecule has 0 radical (unpaired) electrons. The van der Waals surface area contributed by atoms with E-state index in [0.717, 1.165) is 12.0 Å². The summed E-state index contributed by atoms with van der Waals surface area (Å²) in [6.07, 6.45) is 14.8. The van der Waals surface area contributed by atoms with Crippen LogP contribution in [-0.4, -0.2) is 25.3 Å². The van der Waals surface area contributed by atoms with Gasteiger partial charge in [-0.15, -0.1) is 0 Å². The molecule has 0 aromatic rings. The van der Waals surface area contributed by atoms with Crippen molar-refractivity contribution in [3.8, 4) is 0 Å². The van der Waals surface area contributed by atoms with Crippen LogP contribution in [0.5, 0.6) is 0 Å². The van der Waals surface area contributed by atoms with E-state index in [1.165, 1.54) is 64.2 Å². The Bertz CT molecular complexity index is 298. The second-order valence-corrected chi connectivity index (χ2v) is 7.13. The van der Waals surface area contributed by atoms with E-state index in [2.05, 4.69) is 19.3 Å². The van der Waals surface area contributed by atoms with Crippen LogP contribution in [0.1, 0.15) is 71.1 Å². The lowest BCUT2D eigenvalue weighted by Crippen LogP contribution is -2.62. The van der Waals surface area contributed by atoms with Crippen LogP contribution >= 0.6 is 0 Å². The Kier molecular flexibility index (Phi) is 4.19. The van der Waals surface area contributed by atoms with Crippen molar-refractivity contribution in [2.45, 2.75) is 89.4 Å². The van der Waals surface area contributed by atoms with Gasteiger partial charge >= 0.3 is 0 Å². The molecular weight excluding hydrogens is 234 g/mol. The fraction of sp³-hybridized carbons (Fsp3) is 1.00. The maximum atomic E-state index is 6.66. The summed E-state index contributed by atoms with van der Waals surface area (Å²) in [7, 11) is 2.14. The van der Waals surface area contributed by atoms with Crippen molar-refractivity contribution in [3.05, 3.63) is 0 Å². The fourth-order valence-corrected chi connectivity index (χ4v) is 5.08. The van der Waals surface area contributed by atoms with Crippen LogP contribution < -0.4 is 5.32 Å². The van der Waals surface area contributed by atoms with Gasteiger partial charge in [-0.2, -0.15) is 0 Å². The molecule has 3 saturated carbocycles. The molecule has 0 amide bonds. The molecule has 19 heavy (non-hydrogen) atoms. The third-order valence-corrected chi connectivity index (χ3v) is 6.37. The van der Waals surface area contributed by atoms with Gasteiger partial charge in [-0.3, -0.25) is 0 Å². The highest BCUT2D eigenvalue weighted by Gasteiger charge is 2.56. The maximum Gasteiger partial charge on any atom is 0.0665 e. The average molecular weight is 265 g/mol. The van der Waals surface area contributed by atoms with E-state index in [4.69, 9.17) is 4.74 Å². The van der Waals surface area contributed by atoms with Crippen molar-refractivity contribution in [2.24, 2.45) is 11.3 Å². The molecular formula is C17H31NO. The zero-order valence-electron chi connectivity index (χ0n) is 12.8. The van der Waals surface area contributed by atoms with Gasteiger partial charge < -0.3 is 10.1 Å². The maximum absolute atomic E-state index is 6.66. The van der Waals surface area contributed by atoms with Crippen molar-refractivity contribution in [1.82, 2.24) is 5.32 Å². The molecule has 0 aliphatic heterocycles. The molecule has 0 saturated heterocycles. The first-order valence-electron chi connectivity index (χ1n) is 8.63. The summed E-state index contributed by atoms with van der Waals surface area (Å²) < 4.78 is 6.66. The first-order chi connectivity index (χ1) is 9.30. The topological polar surface area (TPSA) is 21.3 Å². The van der Waals surface area contributed by atoms with Gasteiger partial charge in [-0.05, 0) is 45.1 Å². The third kappa shape index (κ3) is 2.35. The highest BCUT2D eigenvalue weighted by atomic mass is 16.5. The molecule has 110 valence electrons. The van der Waals surface area contributed by atoms with Crippen LogP contribution in [0, 0.1) is 11.3 Å². The van der Waals surface area contributed by atoms with Crippen molar-refractivity contribution in [2.75, 3.05) is 7.05 Å². The summed E-state index contributed by atoms with van der Waals surface area (Å²) in [5.74, 6) is 0.834. The van der Waals surface area contributed by atoms with Gasteiger partial charge in [0.2, 0.25) is 0 Å². The molecule has 0 aromatic heterocycles. The number of hydrogen-bond acceptors (Lipinski definition) is 2. The molecule has 3 fully saturated rings. The Labute approximate surface area is 118 Å². The van der Waals surface area contributed by atoms with Gasteiger partial charge in [-0.1, -0.05) is 39.0 Å². The van der Waals surface area contributed by atoms with Crippen LogP contribution in [0.3, 0.4) is 0 Å². The molecule has 4 unspecified atom stereocenters. The smallest absolute Gasteiger partial charge is 0.0665 e. The summed E-state index contributed by atoms with van der Waals surface area (Å²) in [6, 6.07) is 0.726. The zero-order valence-corrected chi connectivity index (χ0v) is 12.8. The van der Waals surface area contributed by atoms with E-state index < -0.39 is 0 Å². The summed E-state index contributed by atoms with van der Waals surface area (Å²) >= 11 is 0. The molecule has 3 aliphatic rings. The van der Waals surface area contributed by atoms with E-state index in [1.54, 1.807) is 0 Å². The Morgan fingerprint density at radius 1 is 1.11 bits per heavy atom. The van der Waals surface area contributed by atoms with Crippen molar-refractivity contribution >= 4 is 0 Å². The molecule has 2 nitrogen and oxygen atoms in total. The Morgan fingerprint density at radius 3 is 2.53 bits per heavy atom. The van der Waals surface area contributed by atoms with Crippen LogP contribution in [0.2, 0.25) is 0 Å². The van der Waals surface area contributed by atoms with Crippen LogP contribution in [0.15, 0.2) is 0 Å². The first-order valence-corrected chi connectivity index (χ1v) is 8.63. The van der Waals surface area contributed by atoms with Crippen molar-refractivity contribution in [3.63, 3.8) is 0 Å². The van der Waals surface area contributed by atoms with E-state index in [9.17, 15) is 0 Å². The lowest BCUT2D eigenvalue weighted by molar-refractivity contribution is -0.177. The van der Waals surface area contributed by atoms with Crippen LogP contribution in [0.25, 0.3) is 0 Å². The van der Waals surface area contributed by atoms with Crippen LogP contribution in [0.4, 0.5) is 0 Å². The normalized spacial score (nSPS) is 41.4. The van der Waals surface area contributed by atoms with E-state index in [0.29, 0.717) is 17.6 Å². The van der Waals surface area contributed by atoms with Crippen LogP contribution in [-0.2, 0) is 4.74 Å². The van der Waals surface area contributed by atoms with E-state index in [-0.39, 0.29) is 0 Å². The molecule has 1 spiro atoms. The van der Waals surface area contributed by atoms with Gasteiger partial charge in [0, 0.05) is 11.5 Å². The van der Waals surface area contributed by atoms with E-state index >= 15 is 0 Å². The monoisotopic (exact) mass is 265 g/mol. The molecule has 0 heterocycles. The Morgan fingerprint density at radius 2 is 1.84 bits per heavy atom. The zero-order chi connectivity index (χ0) is 13.3. The minimum absolute atomic E-state index is 0.504. The van der Waals surface area contributed by atoms with Gasteiger partial charge in [0.15, 0.2) is 0 Å². The summed E-state index contributed by atoms with van der Waals surface area (Å²) in [5, 5.41) is 3.55. The standard InChI is InChI=1S/C17H31NO/c1-3-13-8-4-5-9-14(13)19-16-12-15(18-2)17(16)10-6-7-11-17/h13-16,18H,3-12H2,1-2H3. The summed E-state index contributed by atoms with van der Waals surface area (Å²) in [6.45, 7) is 2.34. The predicted molar refractivity (Wildman–Crippen MR) is 79.3 cm³/mol. The first kappa shape index (κ1) is 13.9. The minimum atomic E-state index is 0.504. The second-order valence-electron chi connectivity index (χ2n) is 7.13. The molecule has 4 atom stereocenters. The molecule has 3 aliphatic carbocycles. The fourth-order valence-electron chi connectivity index (χ4n) is 5.08. The summed E-state index contributed by atoms with van der Waals surface area (Å²) in [4.78, 5) is 0. The molecule has 0 aromatic carbocycles. The number of ether oxygens (including phenoxy) is 1. The van der Waals surface area contributed by atoms with Gasteiger partial charge in [0.25, 0.3) is 0 Å². The predicted octanol–water partition coefficient (Wildman–Crippen LogP) is 3.89. The van der Waals surface area contributed by atoms with Crippen molar-refractivity contribution < 1.29 is 4.74 Å². The highest BCUT2D eigenvalue weighted by Crippen LogP contribution is 2.55. The molecule has 0 bridgehead atoms. The minimum Gasteiger partial charge on any atom is -0.374 e. The van der Waals surface area contributed by atoms with Gasteiger partial charge in [0.1, 0.15) is 0 Å². The van der Waals surface area contributed by atoms with E-state index in [1.807, 2.05) is 0 Å². The van der Waals surface area contributed by atoms with Crippen molar-refractivity contribution in [1.29, 1.82) is 0 Å². The SMILES string of the molecule is CCC1CCCCC1OC1CC(NC)C12CCCC2. The Hall–Kier alpha value is -0.0800. The molecule has 2 heteroatoms. The Balaban J connectivity index is 1.63. The molecule has 3 rings (SSSR count). The second kappa shape index (κ2) is 5.73. The lowest BCUT2D eigenvalue weighted by atomic mass is 9.60.